The number of aromatic nitrogens is 1. The topological polar surface area (TPSA) is 53.1 Å². The second-order valence-corrected chi connectivity index (χ2v) is 3.63. The van der Waals surface area contributed by atoms with Crippen LogP contribution in [-0.4, -0.2) is 16.1 Å². The second kappa shape index (κ2) is 3.82. The number of aliphatic carboxylic acids is 1. The smallest absolute Gasteiger partial charge is 0.341 e. The maximum atomic E-state index is 10.6. The van der Waals surface area contributed by atoms with Crippen molar-refractivity contribution in [1.29, 1.82) is 0 Å². The molecule has 0 unspecified atom stereocenters. The van der Waals surface area contributed by atoms with Gasteiger partial charge in [0.05, 0.1) is 4.91 Å². The summed E-state index contributed by atoms with van der Waals surface area (Å²) in [5, 5.41) is 9.71. The van der Waals surface area contributed by atoms with Crippen LogP contribution in [0.25, 0.3) is 17.0 Å². The number of para-hydroxylation sites is 1. The Bertz CT molecular complexity index is 509. The number of benzene rings is 1. The zero-order valence-corrected chi connectivity index (χ0v) is 8.66. The third kappa shape index (κ3) is 2.05. The Balaban J connectivity index is 2.46. The van der Waals surface area contributed by atoms with E-state index in [-0.39, 0.29) is 4.91 Å². The van der Waals surface area contributed by atoms with Gasteiger partial charge < -0.3 is 10.1 Å². The molecule has 2 rings (SSSR count). The number of aromatic amines is 1. The lowest BCUT2D eigenvalue weighted by Crippen LogP contribution is -1.93. The highest BCUT2D eigenvalue weighted by molar-refractivity contribution is 7.85. The van der Waals surface area contributed by atoms with Crippen molar-refractivity contribution in [3.63, 3.8) is 0 Å². The van der Waals surface area contributed by atoms with Crippen molar-refractivity contribution in [2.75, 3.05) is 0 Å². The Labute approximate surface area is 91.8 Å². The van der Waals surface area contributed by atoms with E-state index in [1.165, 1.54) is 6.08 Å². The van der Waals surface area contributed by atoms with E-state index >= 15 is 0 Å². The molecule has 4 heteroatoms. The normalized spacial score (nSPS) is 11.9. The fourth-order valence-electron chi connectivity index (χ4n) is 1.38. The number of H-pyrrole nitrogens is 1. The minimum Gasteiger partial charge on any atom is -0.477 e. The van der Waals surface area contributed by atoms with E-state index in [1.807, 2.05) is 30.3 Å². The Morgan fingerprint density at radius 1 is 1.40 bits per heavy atom. The highest BCUT2D eigenvalue weighted by atomic mass is 32.1. The van der Waals surface area contributed by atoms with Crippen LogP contribution in [0.1, 0.15) is 5.69 Å². The number of rotatable bonds is 2. The molecule has 0 fully saturated rings. The van der Waals surface area contributed by atoms with Crippen molar-refractivity contribution < 1.29 is 9.90 Å². The Hall–Kier alpha value is -1.68. The van der Waals surface area contributed by atoms with Gasteiger partial charge in [-0.05, 0) is 23.6 Å². The van der Waals surface area contributed by atoms with Gasteiger partial charge in [0.15, 0.2) is 0 Å². The van der Waals surface area contributed by atoms with Gasteiger partial charge >= 0.3 is 5.97 Å². The van der Waals surface area contributed by atoms with Crippen molar-refractivity contribution in [2.45, 2.75) is 0 Å². The fraction of sp³-hybridized carbons (Fsp3) is 0. The first-order chi connectivity index (χ1) is 7.16. The SMILES string of the molecule is O=C(O)/C(S)=C/c1cc2ccccc2[nH]1. The molecule has 0 aliphatic heterocycles. The van der Waals surface area contributed by atoms with E-state index in [9.17, 15) is 4.79 Å². The van der Waals surface area contributed by atoms with Gasteiger partial charge in [0.1, 0.15) is 0 Å². The van der Waals surface area contributed by atoms with Crippen LogP contribution in [0.2, 0.25) is 0 Å². The number of nitrogens with one attached hydrogen (secondary N) is 1. The molecule has 1 aromatic heterocycles. The van der Waals surface area contributed by atoms with E-state index < -0.39 is 5.97 Å². The summed E-state index contributed by atoms with van der Waals surface area (Å²) in [7, 11) is 0. The average molecular weight is 219 g/mol. The van der Waals surface area contributed by atoms with Gasteiger partial charge in [0.2, 0.25) is 0 Å². The number of carboxylic acid groups (broad SMARTS) is 1. The van der Waals surface area contributed by atoms with Crippen LogP contribution in [0, 0.1) is 0 Å². The van der Waals surface area contributed by atoms with Gasteiger partial charge in [-0.1, -0.05) is 18.2 Å². The maximum absolute atomic E-state index is 10.6. The Kier molecular flexibility index (Phi) is 2.51. The number of thiol groups is 1. The molecule has 0 saturated heterocycles. The number of hydrogen-bond acceptors (Lipinski definition) is 2. The van der Waals surface area contributed by atoms with Crippen LogP contribution >= 0.6 is 12.6 Å². The number of fused-ring (bicyclic) bond motifs is 1. The van der Waals surface area contributed by atoms with Crippen LogP contribution in [0.4, 0.5) is 0 Å². The molecule has 0 aliphatic carbocycles. The summed E-state index contributed by atoms with van der Waals surface area (Å²) >= 11 is 3.86. The van der Waals surface area contributed by atoms with Gasteiger partial charge in [-0.3, -0.25) is 0 Å². The van der Waals surface area contributed by atoms with E-state index in [0.29, 0.717) is 0 Å². The lowest BCUT2D eigenvalue weighted by atomic mass is 10.2. The molecule has 0 radical (unpaired) electrons. The minimum atomic E-state index is -1.03. The zero-order valence-electron chi connectivity index (χ0n) is 7.77. The van der Waals surface area contributed by atoms with Crippen molar-refractivity contribution >= 4 is 35.6 Å². The number of carbonyl (C=O) groups is 1. The summed E-state index contributed by atoms with van der Waals surface area (Å²) in [6.45, 7) is 0. The van der Waals surface area contributed by atoms with Crippen molar-refractivity contribution in [3.8, 4) is 0 Å². The third-order valence-corrected chi connectivity index (χ3v) is 2.38. The van der Waals surface area contributed by atoms with Crippen LogP contribution in [-0.2, 0) is 4.79 Å². The molecule has 0 amide bonds. The molecule has 0 saturated carbocycles. The minimum absolute atomic E-state index is 0.0153. The fourth-order valence-corrected chi connectivity index (χ4v) is 1.52. The van der Waals surface area contributed by atoms with Gasteiger partial charge in [-0.15, -0.1) is 12.6 Å². The molecule has 2 aromatic rings. The van der Waals surface area contributed by atoms with Gasteiger partial charge in [0.25, 0.3) is 0 Å². The van der Waals surface area contributed by atoms with Crippen molar-refractivity contribution in [3.05, 3.63) is 40.9 Å². The molecular weight excluding hydrogens is 210 g/mol. The molecule has 3 nitrogen and oxygen atoms in total. The highest BCUT2D eigenvalue weighted by Gasteiger charge is 2.03. The molecule has 0 atom stereocenters. The lowest BCUT2D eigenvalue weighted by Gasteiger charge is -1.89. The van der Waals surface area contributed by atoms with E-state index in [4.69, 9.17) is 5.11 Å². The molecule has 2 N–H and O–H groups in total. The number of hydrogen-bond donors (Lipinski definition) is 3. The quantitative estimate of drug-likeness (QED) is 0.537. The standard InChI is InChI=1S/C11H9NO2S/c13-11(14)10(15)6-8-5-7-3-1-2-4-9(7)12-8/h1-6,12,15H,(H,13,14)/b10-6-. The summed E-state index contributed by atoms with van der Waals surface area (Å²) in [5.41, 5.74) is 1.72. The molecule has 0 aliphatic rings. The van der Waals surface area contributed by atoms with Crippen LogP contribution in [0.3, 0.4) is 0 Å². The van der Waals surface area contributed by atoms with Crippen LogP contribution < -0.4 is 0 Å². The summed E-state index contributed by atoms with van der Waals surface area (Å²) < 4.78 is 0. The van der Waals surface area contributed by atoms with Crippen molar-refractivity contribution in [1.82, 2.24) is 4.98 Å². The Morgan fingerprint density at radius 2 is 2.13 bits per heavy atom. The van der Waals surface area contributed by atoms with Crippen molar-refractivity contribution in [2.24, 2.45) is 0 Å². The van der Waals surface area contributed by atoms with E-state index in [1.54, 1.807) is 0 Å². The zero-order chi connectivity index (χ0) is 10.8. The first-order valence-corrected chi connectivity index (χ1v) is 4.83. The monoisotopic (exact) mass is 219 g/mol. The summed E-state index contributed by atoms with van der Waals surface area (Å²) in [5.74, 6) is -1.03. The van der Waals surface area contributed by atoms with E-state index in [2.05, 4.69) is 17.6 Å². The molecule has 1 heterocycles. The first kappa shape index (κ1) is 9.86. The van der Waals surface area contributed by atoms with Crippen LogP contribution in [0.5, 0.6) is 0 Å². The lowest BCUT2D eigenvalue weighted by molar-refractivity contribution is -0.131. The molecule has 76 valence electrons. The predicted octanol–water partition coefficient (Wildman–Crippen LogP) is 2.52. The summed E-state index contributed by atoms with van der Waals surface area (Å²) in [4.78, 5) is 13.7. The van der Waals surface area contributed by atoms with Gasteiger partial charge in [-0.25, -0.2) is 4.79 Å². The van der Waals surface area contributed by atoms with E-state index in [0.717, 1.165) is 16.6 Å². The van der Waals surface area contributed by atoms with Gasteiger partial charge in [-0.2, -0.15) is 0 Å². The molecule has 0 bridgehead atoms. The predicted molar refractivity (Wildman–Crippen MR) is 62.9 cm³/mol. The first-order valence-electron chi connectivity index (χ1n) is 4.38. The van der Waals surface area contributed by atoms with Crippen LogP contribution in [0.15, 0.2) is 35.2 Å². The molecule has 15 heavy (non-hydrogen) atoms. The molecule has 1 aromatic carbocycles. The Morgan fingerprint density at radius 3 is 2.80 bits per heavy atom. The second-order valence-electron chi connectivity index (χ2n) is 3.15. The largest absolute Gasteiger partial charge is 0.477 e. The maximum Gasteiger partial charge on any atom is 0.341 e. The average Bonchev–Trinajstić information content (AvgIpc) is 2.59. The molecular formula is C11H9NO2S. The highest BCUT2D eigenvalue weighted by Crippen LogP contribution is 2.17. The number of carboxylic acids is 1. The molecule has 0 spiro atoms. The summed E-state index contributed by atoms with van der Waals surface area (Å²) in [6, 6.07) is 9.63. The summed E-state index contributed by atoms with van der Waals surface area (Å²) in [6.07, 6.45) is 1.49. The van der Waals surface area contributed by atoms with Gasteiger partial charge in [0, 0.05) is 11.2 Å². The third-order valence-electron chi connectivity index (χ3n) is 2.06.